The van der Waals surface area contributed by atoms with E-state index in [4.69, 9.17) is 16.6 Å². The SMILES string of the molecule is Clc1ccc(C[n+]2cc(-c3ccc4ccccc4n3)cc3ccccc32)cc1. The van der Waals surface area contributed by atoms with Crippen LogP contribution in [0.4, 0.5) is 0 Å². The highest BCUT2D eigenvalue weighted by atomic mass is 35.5. The molecule has 0 N–H and O–H groups in total. The van der Waals surface area contributed by atoms with Crippen LogP contribution >= 0.6 is 11.6 Å². The first-order valence-electron chi connectivity index (χ1n) is 9.29. The van der Waals surface area contributed by atoms with E-state index in [0.29, 0.717) is 0 Å². The second-order valence-electron chi connectivity index (χ2n) is 6.93. The van der Waals surface area contributed by atoms with Gasteiger partial charge in [0.1, 0.15) is 0 Å². The summed E-state index contributed by atoms with van der Waals surface area (Å²) in [5, 5.41) is 3.11. The van der Waals surface area contributed by atoms with Crippen LogP contribution in [0.25, 0.3) is 33.1 Å². The predicted molar refractivity (Wildman–Crippen MR) is 115 cm³/mol. The molecule has 2 aromatic heterocycles. The van der Waals surface area contributed by atoms with Gasteiger partial charge in [0.25, 0.3) is 0 Å². The number of rotatable bonds is 3. The monoisotopic (exact) mass is 381 g/mol. The van der Waals surface area contributed by atoms with E-state index in [1.54, 1.807) is 0 Å². The van der Waals surface area contributed by atoms with E-state index < -0.39 is 0 Å². The zero-order chi connectivity index (χ0) is 18.9. The summed E-state index contributed by atoms with van der Waals surface area (Å²) in [4.78, 5) is 4.88. The molecule has 0 fully saturated rings. The van der Waals surface area contributed by atoms with Crippen molar-refractivity contribution >= 4 is 33.4 Å². The Morgan fingerprint density at radius 3 is 2.36 bits per heavy atom. The highest BCUT2D eigenvalue weighted by Crippen LogP contribution is 2.23. The Morgan fingerprint density at radius 2 is 1.50 bits per heavy atom. The first-order valence-corrected chi connectivity index (χ1v) is 9.67. The lowest BCUT2D eigenvalue weighted by Crippen LogP contribution is -2.35. The Balaban J connectivity index is 1.65. The number of aromatic nitrogens is 2. The van der Waals surface area contributed by atoms with Gasteiger partial charge in [0, 0.05) is 27.4 Å². The second-order valence-corrected chi connectivity index (χ2v) is 7.37. The van der Waals surface area contributed by atoms with Gasteiger partial charge < -0.3 is 0 Å². The van der Waals surface area contributed by atoms with Crippen molar-refractivity contribution in [1.82, 2.24) is 4.98 Å². The van der Waals surface area contributed by atoms with E-state index in [9.17, 15) is 0 Å². The average Bonchev–Trinajstić information content (AvgIpc) is 2.75. The van der Waals surface area contributed by atoms with Crippen molar-refractivity contribution in [2.24, 2.45) is 0 Å². The van der Waals surface area contributed by atoms with Crippen molar-refractivity contribution in [2.45, 2.75) is 6.54 Å². The van der Waals surface area contributed by atoms with Crippen LogP contribution in [0.2, 0.25) is 5.02 Å². The van der Waals surface area contributed by atoms with Gasteiger partial charge in [-0.15, -0.1) is 0 Å². The highest BCUT2D eigenvalue weighted by Gasteiger charge is 2.14. The van der Waals surface area contributed by atoms with Crippen molar-refractivity contribution < 1.29 is 4.57 Å². The number of hydrogen-bond acceptors (Lipinski definition) is 1. The molecule has 0 atom stereocenters. The van der Waals surface area contributed by atoms with Crippen molar-refractivity contribution in [3.63, 3.8) is 0 Å². The molecule has 28 heavy (non-hydrogen) atoms. The average molecular weight is 382 g/mol. The number of para-hydroxylation sites is 2. The summed E-state index contributed by atoms with van der Waals surface area (Å²) in [6.07, 6.45) is 2.19. The van der Waals surface area contributed by atoms with Crippen molar-refractivity contribution in [3.8, 4) is 11.3 Å². The van der Waals surface area contributed by atoms with Crippen LogP contribution in [-0.2, 0) is 6.54 Å². The molecule has 5 aromatic rings. The molecule has 0 amide bonds. The molecule has 0 saturated carbocycles. The molecular weight excluding hydrogens is 364 g/mol. The summed E-state index contributed by atoms with van der Waals surface area (Å²) >= 11 is 6.05. The second kappa shape index (κ2) is 7.06. The maximum absolute atomic E-state index is 6.05. The fraction of sp³-hybridized carbons (Fsp3) is 0.0400. The molecule has 0 saturated heterocycles. The standard InChI is InChI=1S/C25H18ClN2/c26-22-12-9-18(10-13-22)16-28-17-21(15-20-6-2-4-8-25(20)28)24-14-11-19-5-1-3-7-23(19)27-24/h1-15,17H,16H2/q+1. The Kier molecular flexibility index (Phi) is 4.27. The lowest BCUT2D eigenvalue weighted by atomic mass is 10.1. The number of halogens is 1. The van der Waals surface area contributed by atoms with E-state index >= 15 is 0 Å². The molecule has 3 heteroatoms. The molecule has 0 aliphatic carbocycles. The molecule has 0 radical (unpaired) electrons. The third kappa shape index (κ3) is 3.23. The number of nitrogens with zero attached hydrogens (tertiary/aromatic N) is 2. The van der Waals surface area contributed by atoms with Gasteiger partial charge in [-0.1, -0.05) is 60.1 Å². The summed E-state index contributed by atoms with van der Waals surface area (Å²) in [5.74, 6) is 0. The molecule has 0 bridgehead atoms. The highest BCUT2D eigenvalue weighted by molar-refractivity contribution is 6.30. The lowest BCUT2D eigenvalue weighted by Gasteiger charge is -2.07. The maximum Gasteiger partial charge on any atom is 0.212 e. The fourth-order valence-electron chi connectivity index (χ4n) is 3.60. The van der Waals surface area contributed by atoms with Gasteiger partial charge in [-0.2, -0.15) is 4.57 Å². The molecule has 2 nitrogen and oxygen atoms in total. The normalized spacial score (nSPS) is 11.2. The summed E-state index contributed by atoms with van der Waals surface area (Å²) in [7, 11) is 0. The Labute approximate surface area is 168 Å². The van der Waals surface area contributed by atoms with Crippen molar-refractivity contribution in [1.29, 1.82) is 0 Å². The van der Waals surface area contributed by atoms with Gasteiger partial charge in [0.05, 0.1) is 16.8 Å². The Morgan fingerprint density at radius 1 is 0.750 bits per heavy atom. The van der Waals surface area contributed by atoms with Crippen LogP contribution in [0.1, 0.15) is 5.56 Å². The molecule has 0 aliphatic rings. The largest absolute Gasteiger partial charge is 0.248 e. The molecule has 0 unspecified atom stereocenters. The van der Waals surface area contributed by atoms with Crippen LogP contribution in [0.3, 0.4) is 0 Å². The molecule has 3 aromatic carbocycles. The van der Waals surface area contributed by atoms with Crippen LogP contribution in [0, 0.1) is 0 Å². The van der Waals surface area contributed by atoms with E-state index in [1.807, 2.05) is 24.3 Å². The van der Waals surface area contributed by atoms with Gasteiger partial charge in [0.2, 0.25) is 5.52 Å². The zero-order valence-electron chi connectivity index (χ0n) is 15.2. The topological polar surface area (TPSA) is 16.8 Å². The molecule has 5 rings (SSSR count). The minimum atomic E-state index is 0.757. The minimum Gasteiger partial charge on any atom is -0.248 e. The first kappa shape index (κ1) is 16.9. The zero-order valence-corrected chi connectivity index (χ0v) is 16.0. The predicted octanol–water partition coefficient (Wildman–Crippen LogP) is 6.04. The van der Waals surface area contributed by atoms with Crippen LogP contribution in [-0.4, -0.2) is 4.98 Å². The van der Waals surface area contributed by atoms with E-state index in [-0.39, 0.29) is 0 Å². The number of hydrogen-bond donors (Lipinski definition) is 0. The lowest BCUT2D eigenvalue weighted by molar-refractivity contribution is -0.661. The molecule has 2 heterocycles. The van der Waals surface area contributed by atoms with Crippen LogP contribution in [0.5, 0.6) is 0 Å². The summed E-state index contributed by atoms with van der Waals surface area (Å²) in [5.41, 5.74) is 5.51. The van der Waals surface area contributed by atoms with Crippen LogP contribution in [0.15, 0.2) is 97.2 Å². The molecule has 0 spiro atoms. The summed E-state index contributed by atoms with van der Waals surface area (Å²) in [6, 6.07) is 31.1. The minimum absolute atomic E-state index is 0.757. The molecular formula is C25H18ClN2+. The van der Waals surface area contributed by atoms with Gasteiger partial charge in [0.15, 0.2) is 12.7 Å². The van der Waals surface area contributed by atoms with Gasteiger partial charge in [-0.25, -0.2) is 4.98 Å². The fourth-order valence-corrected chi connectivity index (χ4v) is 3.72. The first-order chi connectivity index (χ1) is 13.8. The summed E-state index contributed by atoms with van der Waals surface area (Å²) in [6.45, 7) is 0.777. The smallest absolute Gasteiger partial charge is 0.212 e. The van der Waals surface area contributed by atoms with Gasteiger partial charge in [-0.3, -0.25) is 0 Å². The quantitative estimate of drug-likeness (QED) is 0.348. The third-order valence-corrected chi connectivity index (χ3v) is 5.26. The summed E-state index contributed by atoms with van der Waals surface area (Å²) < 4.78 is 2.28. The number of fused-ring (bicyclic) bond motifs is 2. The third-order valence-electron chi connectivity index (χ3n) is 5.01. The van der Waals surface area contributed by atoms with E-state index in [1.165, 1.54) is 16.5 Å². The number of pyridine rings is 2. The Hall–Kier alpha value is -3.23. The van der Waals surface area contributed by atoms with E-state index in [2.05, 4.69) is 77.5 Å². The van der Waals surface area contributed by atoms with Crippen molar-refractivity contribution in [2.75, 3.05) is 0 Å². The van der Waals surface area contributed by atoms with Crippen molar-refractivity contribution in [3.05, 3.63) is 108 Å². The van der Waals surface area contributed by atoms with Gasteiger partial charge in [-0.05, 0) is 36.4 Å². The molecule has 134 valence electrons. The van der Waals surface area contributed by atoms with Gasteiger partial charge >= 0.3 is 0 Å². The Bertz CT molecular complexity index is 1290. The molecule has 0 aliphatic heterocycles. The number of benzene rings is 3. The maximum atomic E-state index is 6.05. The van der Waals surface area contributed by atoms with E-state index in [0.717, 1.165) is 33.7 Å². The van der Waals surface area contributed by atoms with Crippen LogP contribution < -0.4 is 4.57 Å².